The molecule has 2 heterocycles. The summed E-state index contributed by atoms with van der Waals surface area (Å²) in [7, 11) is 0. The fourth-order valence-electron chi connectivity index (χ4n) is 1.61. The maximum absolute atomic E-state index is 11.5. The Labute approximate surface area is 119 Å². The Hall–Kier alpha value is -1.44. The molecule has 0 fully saturated rings. The number of nitrogens with two attached hydrogens (primary N) is 1. The van der Waals surface area contributed by atoms with Gasteiger partial charge in [0.1, 0.15) is 0 Å². The molecule has 0 spiro atoms. The summed E-state index contributed by atoms with van der Waals surface area (Å²) in [5, 5.41) is 2.60. The molecule has 0 bridgehead atoms. The first-order valence-corrected chi connectivity index (χ1v) is 7.49. The molecule has 2 aromatic heterocycles. The van der Waals surface area contributed by atoms with Gasteiger partial charge in [0.15, 0.2) is 5.16 Å². The van der Waals surface area contributed by atoms with Gasteiger partial charge in [-0.15, -0.1) is 11.3 Å². The zero-order chi connectivity index (χ0) is 13.8. The number of carbonyl (C=O) groups excluding carboxylic acids is 1. The summed E-state index contributed by atoms with van der Waals surface area (Å²) in [5.41, 5.74) is 4.99. The van der Waals surface area contributed by atoms with E-state index in [1.54, 1.807) is 0 Å². The molecule has 0 saturated carbocycles. The van der Waals surface area contributed by atoms with E-state index in [2.05, 4.69) is 15.4 Å². The number of thiophene rings is 1. The molecule has 0 unspecified atom stereocenters. The van der Waals surface area contributed by atoms with E-state index in [0.717, 1.165) is 22.1 Å². The van der Waals surface area contributed by atoms with Crippen LogP contribution in [0.25, 0.3) is 0 Å². The Morgan fingerprint density at radius 2 is 2.11 bits per heavy atom. The number of hydrogen-bond acceptors (Lipinski definition) is 6. The van der Waals surface area contributed by atoms with E-state index in [1.807, 2.05) is 31.4 Å². The van der Waals surface area contributed by atoms with Gasteiger partial charge in [0.05, 0.1) is 4.88 Å². The molecule has 2 rings (SSSR count). The molecular formula is C12H14N4OS2. The zero-order valence-electron chi connectivity index (χ0n) is 10.6. The van der Waals surface area contributed by atoms with Crippen molar-refractivity contribution in [3.8, 4) is 0 Å². The van der Waals surface area contributed by atoms with Crippen molar-refractivity contribution in [1.29, 1.82) is 0 Å². The molecule has 19 heavy (non-hydrogen) atoms. The number of nitrogens with zero attached hydrogens (tertiary/aromatic N) is 2. The number of thioether (sulfide) groups is 1. The molecule has 0 aromatic carbocycles. The molecule has 0 radical (unpaired) electrons. The van der Waals surface area contributed by atoms with Gasteiger partial charge in [0.2, 0.25) is 0 Å². The largest absolute Gasteiger partial charge is 0.289 e. The highest BCUT2D eigenvalue weighted by atomic mass is 32.2. The van der Waals surface area contributed by atoms with Crippen molar-refractivity contribution < 1.29 is 4.79 Å². The smallest absolute Gasteiger partial charge is 0.275 e. The highest BCUT2D eigenvalue weighted by Crippen LogP contribution is 2.25. The molecule has 0 saturated heterocycles. The third-order valence-electron chi connectivity index (χ3n) is 2.40. The molecule has 3 N–H and O–H groups in total. The Balaban J connectivity index is 2.10. The topological polar surface area (TPSA) is 80.9 Å². The highest BCUT2D eigenvalue weighted by Gasteiger charge is 2.12. The Bertz CT molecular complexity index is 577. The van der Waals surface area contributed by atoms with Crippen LogP contribution < -0.4 is 11.3 Å². The number of aromatic nitrogens is 2. The van der Waals surface area contributed by atoms with Crippen molar-refractivity contribution in [3.63, 3.8) is 0 Å². The van der Waals surface area contributed by atoms with Crippen LogP contribution in [0.2, 0.25) is 0 Å². The molecule has 0 aliphatic rings. The molecule has 5 nitrogen and oxygen atoms in total. The van der Waals surface area contributed by atoms with Gasteiger partial charge in [-0.1, -0.05) is 11.8 Å². The van der Waals surface area contributed by atoms with Crippen LogP contribution in [0, 0.1) is 13.8 Å². The minimum absolute atomic E-state index is 0.257. The first-order chi connectivity index (χ1) is 9.10. The van der Waals surface area contributed by atoms with Gasteiger partial charge in [-0.05, 0) is 36.9 Å². The average Bonchev–Trinajstić information content (AvgIpc) is 2.82. The monoisotopic (exact) mass is 294 g/mol. The Morgan fingerprint density at radius 3 is 2.74 bits per heavy atom. The summed E-state index contributed by atoms with van der Waals surface area (Å²) < 4.78 is 0. The lowest BCUT2D eigenvalue weighted by atomic mass is 10.3. The molecule has 1 amide bonds. The van der Waals surface area contributed by atoms with Crippen LogP contribution in [0.5, 0.6) is 0 Å². The van der Waals surface area contributed by atoms with Crippen LogP contribution in [0.4, 0.5) is 0 Å². The lowest BCUT2D eigenvalue weighted by molar-refractivity contribution is 0.0957. The number of hydrogen-bond donors (Lipinski definition) is 2. The predicted molar refractivity (Wildman–Crippen MR) is 77.0 cm³/mol. The van der Waals surface area contributed by atoms with Gasteiger partial charge in [0.25, 0.3) is 5.91 Å². The van der Waals surface area contributed by atoms with Gasteiger partial charge in [-0.25, -0.2) is 15.8 Å². The van der Waals surface area contributed by atoms with Gasteiger partial charge in [-0.2, -0.15) is 0 Å². The summed E-state index contributed by atoms with van der Waals surface area (Å²) in [5.74, 6) is 5.55. The van der Waals surface area contributed by atoms with E-state index in [-0.39, 0.29) is 5.91 Å². The fraction of sp³-hybridized carbons (Fsp3) is 0.250. The van der Waals surface area contributed by atoms with Crippen molar-refractivity contribution >= 4 is 29.0 Å². The van der Waals surface area contributed by atoms with Crippen LogP contribution in [0.3, 0.4) is 0 Å². The normalized spacial score (nSPS) is 10.5. The standard InChI is InChI=1S/C12H14N4OS2/c1-7-5-8(2)15-12(14-7)19-6-9-3-4-18-10(9)11(17)16-13/h3-5H,6,13H2,1-2H3,(H,16,17). The minimum Gasteiger partial charge on any atom is -0.289 e. The number of nitrogens with one attached hydrogen (secondary N) is 1. The average molecular weight is 294 g/mol. The van der Waals surface area contributed by atoms with Gasteiger partial charge >= 0.3 is 0 Å². The van der Waals surface area contributed by atoms with E-state index in [9.17, 15) is 4.79 Å². The van der Waals surface area contributed by atoms with E-state index >= 15 is 0 Å². The van der Waals surface area contributed by atoms with Crippen molar-refractivity contribution in [2.45, 2.75) is 24.8 Å². The fourth-order valence-corrected chi connectivity index (χ4v) is 3.47. The molecule has 0 aliphatic carbocycles. The quantitative estimate of drug-likeness (QED) is 0.296. The number of nitrogen functional groups attached to an aromatic ring is 1. The zero-order valence-corrected chi connectivity index (χ0v) is 12.3. The van der Waals surface area contributed by atoms with Crippen molar-refractivity contribution in [3.05, 3.63) is 39.3 Å². The minimum atomic E-state index is -0.257. The summed E-state index contributed by atoms with van der Waals surface area (Å²) in [6.45, 7) is 3.88. The molecule has 0 atom stereocenters. The molecule has 100 valence electrons. The summed E-state index contributed by atoms with van der Waals surface area (Å²) in [4.78, 5) is 20.9. The Kier molecular flexibility index (Phi) is 4.52. The third-order valence-corrected chi connectivity index (χ3v) is 4.25. The van der Waals surface area contributed by atoms with Crippen molar-refractivity contribution in [2.75, 3.05) is 0 Å². The number of hydrazine groups is 1. The second kappa shape index (κ2) is 6.14. The third kappa shape index (κ3) is 3.52. The summed E-state index contributed by atoms with van der Waals surface area (Å²) in [6, 6.07) is 3.85. The van der Waals surface area contributed by atoms with E-state index in [4.69, 9.17) is 5.84 Å². The van der Waals surface area contributed by atoms with Gasteiger partial charge in [-0.3, -0.25) is 10.2 Å². The van der Waals surface area contributed by atoms with Gasteiger partial charge < -0.3 is 0 Å². The second-order valence-electron chi connectivity index (χ2n) is 3.97. The first-order valence-electron chi connectivity index (χ1n) is 5.62. The van der Waals surface area contributed by atoms with Crippen LogP contribution >= 0.6 is 23.1 Å². The second-order valence-corrected chi connectivity index (χ2v) is 5.83. The number of amides is 1. The van der Waals surface area contributed by atoms with E-state index in [0.29, 0.717) is 10.6 Å². The SMILES string of the molecule is Cc1cc(C)nc(SCc2ccsc2C(=O)NN)n1. The molecule has 7 heteroatoms. The van der Waals surface area contributed by atoms with Gasteiger partial charge in [0, 0.05) is 17.1 Å². The number of aryl methyl sites for hydroxylation is 2. The van der Waals surface area contributed by atoms with Crippen molar-refractivity contribution in [1.82, 2.24) is 15.4 Å². The van der Waals surface area contributed by atoms with E-state index < -0.39 is 0 Å². The van der Waals surface area contributed by atoms with Crippen LogP contribution in [0.15, 0.2) is 22.7 Å². The number of rotatable bonds is 4. The molecule has 2 aromatic rings. The van der Waals surface area contributed by atoms with Crippen LogP contribution in [-0.2, 0) is 5.75 Å². The maximum Gasteiger partial charge on any atom is 0.275 e. The molecule has 0 aliphatic heterocycles. The lowest BCUT2D eigenvalue weighted by Crippen LogP contribution is -2.29. The summed E-state index contributed by atoms with van der Waals surface area (Å²) in [6.07, 6.45) is 0. The lowest BCUT2D eigenvalue weighted by Gasteiger charge is -2.04. The summed E-state index contributed by atoms with van der Waals surface area (Å²) >= 11 is 2.89. The molecular weight excluding hydrogens is 280 g/mol. The maximum atomic E-state index is 11.5. The van der Waals surface area contributed by atoms with Crippen LogP contribution in [0.1, 0.15) is 26.6 Å². The highest BCUT2D eigenvalue weighted by molar-refractivity contribution is 7.98. The van der Waals surface area contributed by atoms with Crippen molar-refractivity contribution in [2.24, 2.45) is 5.84 Å². The number of carbonyl (C=O) groups is 1. The van der Waals surface area contributed by atoms with E-state index in [1.165, 1.54) is 23.1 Å². The van der Waals surface area contributed by atoms with Crippen LogP contribution in [-0.4, -0.2) is 15.9 Å². The Morgan fingerprint density at radius 1 is 1.42 bits per heavy atom. The first kappa shape index (κ1) is 14.0. The predicted octanol–water partition coefficient (Wildman–Crippen LogP) is 2.05.